The first-order valence-electron chi connectivity index (χ1n) is 6.40. The van der Waals surface area contributed by atoms with E-state index in [4.69, 9.17) is 17.0 Å². The molecule has 0 radical (unpaired) electrons. The summed E-state index contributed by atoms with van der Waals surface area (Å²) in [6.45, 7) is 4.68. The SMILES string of the molecule is CC1OCCC1(C)n1c(=S)[nH]c2ccccc2c1=O. The predicted octanol–water partition coefficient (Wildman–Crippen LogP) is 2.58. The fraction of sp³-hybridized carbons (Fsp3) is 0.429. The van der Waals surface area contributed by atoms with Crippen LogP contribution in [0.4, 0.5) is 0 Å². The summed E-state index contributed by atoms with van der Waals surface area (Å²) in [5, 5.41) is 0.663. The number of aromatic amines is 1. The average Bonchev–Trinajstić information content (AvgIpc) is 2.70. The van der Waals surface area contributed by atoms with Gasteiger partial charge in [0.25, 0.3) is 5.56 Å². The minimum Gasteiger partial charge on any atom is -0.376 e. The van der Waals surface area contributed by atoms with Gasteiger partial charge in [-0.05, 0) is 44.6 Å². The molecule has 1 saturated heterocycles. The number of ether oxygens (including phenoxy) is 1. The molecule has 2 aromatic rings. The molecule has 19 heavy (non-hydrogen) atoms. The molecule has 0 bridgehead atoms. The molecular formula is C14H16N2O2S. The molecule has 1 aromatic heterocycles. The number of para-hydroxylation sites is 1. The van der Waals surface area contributed by atoms with E-state index in [1.54, 1.807) is 4.57 Å². The van der Waals surface area contributed by atoms with Crippen LogP contribution in [0.5, 0.6) is 0 Å². The van der Waals surface area contributed by atoms with Crippen LogP contribution < -0.4 is 5.56 Å². The largest absolute Gasteiger partial charge is 0.376 e. The van der Waals surface area contributed by atoms with Crippen molar-refractivity contribution >= 4 is 23.1 Å². The van der Waals surface area contributed by atoms with Gasteiger partial charge in [0.15, 0.2) is 4.77 Å². The first-order valence-corrected chi connectivity index (χ1v) is 6.81. The van der Waals surface area contributed by atoms with E-state index in [0.717, 1.165) is 11.9 Å². The maximum Gasteiger partial charge on any atom is 0.262 e. The van der Waals surface area contributed by atoms with Gasteiger partial charge in [0, 0.05) is 6.61 Å². The lowest BCUT2D eigenvalue weighted by Gasteiger charge is -2.30. The molecule has 5 heteroatoms. The Balaban J connectivity index is 2.36. The molecule has 100 valence electrons. The normalized spacial score (nSPS) is 26.9. The van der Waals surface area contributed by atoms with Crippen LogP contribution in [-0.2, 0) is 10.3 Å². The van der Waals surface area contributed by atoms with Crippen molar-refractivity contribution in [1.82, 2.24) is 9.55 Å². The van der Waals surface area contributed by atoms with Crippen molar-refractivity contribution in [3.63, 3.8) is 0 Å². The maximum atomic E-state index is 12.7. The molecule has 2 unspecified atom stereocenters. The van der Waals surface area contributed by atoms with Crippen molar-refractivity contribution in [2.24, 2.45) is 0 Å². The molecule has 1 aromatic carbocycles. The summed E-state index contributed by atoms with van der Waals surface area (Å²) >= 11 is 5.38. The summed E-state index contributed by atoms with van der Waals surface area (Å²) in [5.41, 5.74) is 0.359. The zero-order valence-electron chi connectivity index (χ0n) is 11.0. The molecule has 0 spiro atoms. The molecule has 2 heterocycles. The monoisotopic (exact) mass is 276 g/mol. The standard InChI is InChI=1S/C14H16N2O2S/c1-9-14(2,7-8-18-9)16-12(17)10-5-3-4-6-11(10)15-13(16)19/h3-6,9H,7-8H2,1-2H3,(H,15,19). The highest BCUT2D eigenvalue weighted by Crippen LogP contribution is 2.32. The van der Waals surface area contributed by atoms with Crippen LogP contribution in [0.3, 0.4) is 0 Å². The van der Waals surface area contributed by atoms with E-state index in [2.05, 4.69) is 4.98 Å². The van der Waals surface area contributed by atoms with E-state index in [9.17, 15) is 4.79 Å². The fourth-order valence-electron chi connectivity index (χ4n) is 2.75. The first kappa shape index (κ1) is 12.6. The zero-order chi connectivity index (χ0) is 13.6. The summed E-state index contributed by atoms with van der Waals surface area (Å²) in [5.74, 6) is 0. The lowest BCUT2D eigenvalue weighted by atomic mass is 9.94. The van der Waals surface area contributed by atoms with E-state index >= 15 is 0 Å². The lowest BCUT2D eigenvalue weighted by molar-refractivity contribution is 0.0737. The molecule has 4 nitrogen and oxygen atoms in total. The Morgan fingerprint density at radius 1 is 1.47 bits per heavy atom. The van der Waals surface area contributed by atoms with Crippen LogP contribution in [0.25, 0.3) is 10.9 Å². The minimum absolute atomic E-state index is 0.0264. The minimum atomic E-state index is -0.380. The van der Waals surface area contributed by atoms with Crippen molar-refractivity contribution in [2.45, 2.75) is 31.9 Å². The van der Waals surface area contributed by atoms with Crippen LogP contribution in [0.2, 0.25) is 0 Å². The first-order chi connectivity index (χ1) is 9.04. The maximum absolute atomic E-state index is 12.7. The van der Waals surface area contributed by atoms with Crippen LogP contribution in [-0.4, -0.2) is 22.3 Å². The molecule has 0 saturated carbocycles. The van der Waals surface area contributed by atoms with E-state index < -0.39 is 0 Å². The average molecular weight is 276 g/mol. The van der Waals surface area contributed by atoms with Gasteiger partial charge >= 0.3 is 0 Å². The lowest BCUT2D eigenvalue weighted by Crippen LogP contribution is -2.44. The van der Waals surface area contributed by atoms with Crippen LogP contribution in [0.15, 0.2) is 29.1 Å². The van der Waals surface area contributed by atoms with Gasteiger partial charge in [-0.15, -0.1) is 0 Å². The van der Waals surface area contributed by atoms with Crippen molar-refractivity contribution in [3.8, 4) is 0 Å². The Hall–Kier alpha value is -1.46. The third kappa shape index (κ3) is 1.76. The number of H-pyrrole nitrogens is 1. The quantitative estimate of drug-likeness (QED) is 0.814. The highest BCUT2D eigenvalue weighted by Gasteiger charge is 2.40. The second-order valence-corrected chi connectivity index (χ2v) is 5.62. The van der Waals surface area contributed by atoms with Crippen LogP contribution >= 0.6 is 12.2 Å². The Morgan fingerprint density at radius 2 is 2.21 bits per heavy atom. The van der Waals surface area contributed by atoms with Crippen LogP contribution in [0, 0.1) is 4.77 Å². The van der Waals surface area contributed by atoms with Crippen molar-refractivity contribution in [3.05, 3.63) is 39.4 Å². The number of rotatable bonds is 1. The van der Waals surface area contributed by atoms with Crippen molar-refractivity contribution < 1.29 is 4.74 Å². The third-order valence-electron chi connectivity index (χ3n) is 4.17. The Kier molecular flexibility index (Phi) is 2.83. The summed E-state index contributed by atoms with van der Waals surface area (Å²) in [6, 6.07) is 7.44. The molecule has 1 aliphatic rings. The number of nitrogens with one attached hydrogen (secondary N) is 1. The second-order valence-electron chi connectivity index (χ2n) is 5.24. The van der Waals surface area contributed by atoms with Gasteiger partial charge in [-0.25, -0.2) is 0 Å². The fourth-order valence-corrected chi connectivity index (χ4v) is 3.15. The number of fused-ring (bicyclic) bond motifs is 1. The Bertz CT molecular complexity index is 749. The molecular weight excluding hydrogens is 260 g/mol. The molecule has 1 N–H and O–H groups in total. The Morgan fingerprint density at radius 3 is 2.89 bits per heavy atom. The zero-order valence-corrected chi connectivity index (χ0v) is 11.8. The summed E-state index contributed by atoms with van der Waals surface area (Å²) in [4.78, 5) is 15.9. The van der Waals surface area contributed by atoms with Crippen molar-refractivity contribution in [1.29, 1.82) is 0 Å². The summed E-state index contributed by atoms with van der Waals surface area (Å²) < 4.78 is 7.77. The number of nitrogens with zero attached hydrogens (tertiary/aromatic N) is 1. The number of benzene rings is 1. The number of hydrogen-bond donors (Lipinski definition) is 1. The third-order valence-corrected chi connectivity index (χ3v) is 4.45. The highest BCUT2D eigenvalue weighted by molar-refractivity contribution is 7.71. The van der Waals surface area contributed by atoms with Gasteiger partial charge < -0.3 is 9.72 Å². The summed E-state index contributed by atoms with van der Waals surface area (Å²) in [6.07, 6.45) is 0.769. The Labute approximate surface area is 116 Å². The molecule has 0 amide bonds. The van der Waals surface area contributed by atoms with Crippen molar-refractivity contribution in [2.75, 3.05) is 6.61 Å². The van der Waals surface area contributed by atoms with Crippen LogP contribution in [0.1, 0.15) is 20.3 Å². The number of hydrogen-bond acceptors (Lipinski definition) is 3. The molecule has 0 aliphatic carbocycles. The molecule has 2 atom stereocenters. The molecule has 1 aliphatic heterocycles. The smallest absolute Gasteiger partial charge is 0.262 e. The second kappa shape index (κ2) is 4.28. The van der Waals surface area contributed by atoms with Gasteiger partial charge in [0.2, 0.25) is 0 Å². The van der Waals surface area contributed by atoms with Gasteiger partial charge in [-0.1, -0.05) is 12.1 Å². The van der Waals surface area contributed by atoms with Gasteiger partial charge in [-0.2, -0.15) is 0 Å². The van der Waals surface area contributed by atoms with E-state index in [1.807, 2.05) is 38.1 Å². The predicted molar refractivity (Wildman–Crippen MR) is 77.1 cm³/mol. The molecule has 1 fully saturated rings. The van der Waals surface area contributed by atoms with Gasteiger partial charge in [0.05, 0.1) is 22.5 Å². The van der Waals surface area contributed by atoms with E-state index in [0.29, 0.717) is 16.8 Å². The van der Waals surface area contributed by atoms with Gasteiger partial charge in [-0.3, -0.25) is 9.36 Å². The highest BCUT2D eigenvalue weighted by atomic mass is 32.1. The van der Waals surface area contributed by atoms with E-state index in [-0.39, 0.29) is 17.2 Å². The summed E-state index contributed by atoms with van der Waals surface area (Å²) in [7, 11) is 0. The topological polar surface area (TPSA) is 47.0 Å². The number of aromatic nitrogens is 2. The van der Waals surface area contributed by atoms with E-state index in [1.165, 1.54) is 0 Å². The molecule has 3 rings (SSSR count). The van der Waals surface area contributed by atoms with Gasteiger partial charge in [0.1, 0.15) is 0 Å².